The molecule has 1 aromatic heterocycles. The van der Waals surface area contributed by atoms with E-state index in [1.807, 2.05) is 28.7 Å². The van der Waals surface area contributed by atoms with E-state index < -0.39 is 0 Å². The topological polar surface area (TPSA) is 25.8 Å². The zero-order valence-electron chi connectivity index (χ0n) is 8.72. The Morgan fingerprint density at radius 3 is 2.17 bits per heavy atom. The normalized spacial score (nSPS) is 10.7. The fourth-order valence-electron chi connectivity index (χ4n) is 1.35. The van der Waals surface area contributed by atoms with Gasteiger partial charge in [-0.05, 0) is 40.3 Å². The van der Waals surface area contributed by atoms with E-state index in [1.54, 1.807) is 12.1 Å². The second-order valence-corrected chi connectivity index (χ2v) is 6.09. The van der Waals surface area contributed by atoms with Crippen LogP contribution in [0.25, 0.3) is 0 Å². The molecule has 0 aliphatic rings. The summed E-state index contributed by atoms with van der Waals surface area (Å²) < 4.78 is 0.641. The fourth-order valence-corrected chi connectivity index (χ4v) is 2.49. The van der Waals surface area contributed by atoms with Gasteiger partial charge in [-0.3, -0.25) is 0 Å². The average molecular weight is 434 g/mol. The van der Waals surface area contributed by atoms with Gasteiger partial charge < -0.3 is 0 Å². The van der Waals surface area contributed by atoms with Crippen LogP contribution < -0.4 is 0 Å². The van der Waals surface area contributed by atoms with Crippen molar-refractivity contribution < 1.29 is 0 Å². The monoisotopic (exact) mass is 432 g/mol. The Morgan fingerprint density at radius 1 is 1.00 bits per heavy atom. The van der Waals surface area contributed by atoms with Crippen molar-refractivity contribution in [2.45, 2.75) is 6.42 Å². The molecule has 94 valence electrons. The standard InChI is InChI=1S/C11H5Cl4IN2/c12-6-2-1-5(7(13)4-6)3-8-17-10(14)9(16)11(15)18-8/h1-2,4H,3H2. The third-order valence-electron chi connectivity index (χ3n) is 2.18. The van der Waals surface area contributed by atoms with Crippen molar-refractivity contribution >= 4 is 69.0 Å². The molecule has 0 atom stereocenters. The summed E-state index contributed by atoms with van der Waals surface area (Å²) in [6.07, 6.45) is 0.451. The number of halogens is 5. The molecule has 0 fully saturated rings. The number of nitrogens with zero attached hydrogens (tertiary/aromatic N) is 2. The van der Waals surface area contributed by atoms with Crippen LogP contribution in [0.5, 0.6) is 0 Å². The summed E-state index contributed by atoms with van der Waals surface area (Å²) >= 11 is 25.8. The van der Waals surface area contributed by atoms with Crippen molar-refractivity contribution in [3.63, 3.8) is 0 Å². The van der Waals surface area contributed by atoms with Gasteiger partial charge in [0.25, 0.3) is 0 Å². The molecule has 0 bridgehead atoms. The zero-order valence-corrected chi connectivity index (χ0v) is 13.9. The molecule has 0 N–H and O–H groups in total. The van der Waals surface area contributed by atoms with Crippen LogP contribution in [0.1, 0.15) is 11.4 Å². The largest absolute Gasteiger partial charge is 0.220 e. The summed E-state index contributed by atoms with van der Waals surface area (Å²) in [7, 11) is 0. The van der Waals surface area contributed by atoms with Crippen LogP contribution >= 0.6 is 69.0 Å². The van der Waals surface area contributed by atoms with Crippen molar-refractivity contribution in [1.82, 2.24) is 9.97 Å². The van der Waals surface area contributed by atoms with Gasteiger partial charge >= 0.3 is 0 Å². The van der Waals surface area contributed by atoms with Gasteiger partial charge in [0.15, 0.2) is 0 Å². The van der Waals surface area contributed by atoms with E-state index in [1.165, 1.54) is 0 Å². The van der Waals surface area contributed by atoms with Gasteiger partial charge in [0.05, 0.1) is 3.57 Å². The lowest BCUT2D eigenvalue weighted by Crippen LogP contribution is -2.00. The van der Waals surface area contributed by atoms with Gasteiger partial charge in [0, 0.05) is 16.5 Å². The minimum atomic E-state index is 0.343. The highest BCUT2D eigenvalue weighted by Gasteiger charge is 2.11. The Hall–Kier alpha value is 0.190. The van der Waals surface area contributed by atoms with E-state index in [4.69, 9.17) is 46.4 Å². The Morgan fingerprint density at radius 2 is 1.61 bits per heavy atom. The van der Waals surface area contributed by atoms with E-state index in [0.29, 0.717) is 36.2 Å². The third kappa shape index (κ3) is 3.39. The van der Waals surface area contributed by atoms with Crippen LogP contribution in [0.2, 0.25) is 20.4 Å². The Kier molecular flexibility index (Phi) is 4.94. The molecular formula is C11H5Cl4IN2. The summed E-state index contributed by atoms with van der Waals surface area (Å²) in [6.45, 7) is 0. The molecule has 0 radical (unpaired) electrons. The first-order chi connectivity index (χ1) is 8.47. The maximum absolute atomic E-state index is 6.08. The summed E-state index contributed by atoms with van der Waals surface area (Å²) in [4.78, 5) is 8.33. The van der Waals surface area contributed by atoms with Gasteiger partial charge in [0.1, 0.15) is 16.1 Å². The van der Waals surface area contributed by atoms with Gasteiger partial charge in [-0.2, -0.15) is 0 Å². The molecule has 0 unspecified atom stereocenters. The summed E-state index contributed by atoms with van der Waals surface area (Å²) in [6, 6.07) is 5.26. The Balaban J connectivity index is 2.34. The molecule has 0 amide bonds. The van der Waals surface area contributed by atoms with Crippen molar-refractivity contribution in [2.24, 2.45) is 0 Å². The molecule has 0 spiro atoms. The number of benzene rings is 1. The lowest BCUT2D eigenvalue weighted by Gasteiger charge is -2.06. The predicted molar refractivity (Wildman–Crippen MR) is 84.0 cm³/mol. The van der Waals surface area contributed by atoms with Crippen LogP contribution in [0.4, 0.5) is 0 Å². The number of hydrogen-bond acceptors (Lipinski definition) is 2. The highest BCUT2D eigenvalue weighted by molar-refractivity contribution is 14.1. The van der Waals surface area contributed by atoms with Crippen LogP contribution in [-0.2, 0) is 6.42 Å². The Bertz CT molecular complexity index is 581. The highest BCUT2D eigenvalue weighted by atomic mass is 127. The lowest BCUT2D eigenvalue weighted by atomic mass is 10.1. The second-order valence-electron chi connectivity index (χ2n) is 3.45. The molecule has 0 aliphatic heterocycles. The average Bonchev–Trinajstić information content (AvgIpc) is 2.29. The van der Waals surface area contributed by atoms with Crippen LogP contribution in [0.15, 0.2) is 18.2 Å². The first-order valence-corrected chi connectivity index (χ1v) is 7.38. The van der Waals surface area contributed by atoms with Crippen molar-refractivity contribution in [3.8, 4) is 0 Å². The fraction of sp³-hybridized carbons (Fsp3) is 0.0909. The first kappa shape index (κ1) is 14.6. The quantitative estimate of drug-likeness (QED) is 0.475. The molecule has 0 aliphatic carbocycles. The molecule has 18 heavy (non-hydrogen) atoms. The number of rotatable bonds is 2. The minimum absolute atomic E-state index is 0.343. The molecule has 2 nitrogen and oxygen atoms in total. The van der Waals surface area contributed by atoms with E-state index in [-0.39, 0.29) is 0 Å². The lowest BCUT2D eigenvalue weighted by molar-refractivity contribution is 0.962. The molecule has 1 heterocycles. The first-order valence-electron chi connectivity index (χ1n) is 4.78. The minimum Gasteiger partial charge on any atom is -0.220 e. The van der Waals surface area contributed by atoms with Crippen molar-refractivity contribution in [1.29, 1.82) is 0 Å². The number of aromatic nitrogens is 2. The van der Waals surface area contributed by atoms with Crippen LogP contribution in [0.3, 0.4) is 0 Å². The van der Waals surface area contributed by atoms with E-state index in [9.17, 15) is 0 Å². The molecule has 1 aromatic carbocycles. The summed E-state index contributed by atoms with van der Waals surface area (Å²) in [5.74, 6) is 0.523. The van der Waals surface area contributed by atoms with E-state index >= 15 is 0 Å². The maximum Gasteiger partial charge on any atom is 0.147 e. The van der Waals surface area contributed by atoms with Gasteiger partial charge in [-0.25, -0.2) is 9.97 Å². The Labute approximate surface area is 138 Å². The maximum atomic E-state index is 6.08. The molecule has 2 aromatic rings. The molecule has 7 heteroatoms. The molecule has 0 saturated heterocycles. The third-order valence-corrected chi connectivity index (χ3v) is 4.97. The van der Waals surface area contributed by atoms with E-state index in [0.717, 1.165) is 5.56 Å². The van der Waals surface area contributed by atoms with Gasteiger partial charge in [-0.15, -0.1) is 0 Å². The second kappa shape index (κ2) is 6.09. The molecule has 2 rings (SSSR count). The van der Waals surface area contributed by atoms with Crippen molar-refractivity contribution in [3.05, 3.63) is 53.5 Å². The van der Waals surface area contributed by atoms with Crippen LogP contribution in [0, 0.1) is 3.57 Å². The smallest absolute Gasteiger partial charge is 0.147 e. The van der Waals surface area contributed by atoms with Crippen molar-refractivity contribution in [2.75, 3.05) is 0 Å². The number of hydrogen-bond donors (Lipinski definition) is 0. The van der Waals surface area contributed by atoms with Gasteiger partial charge in [-0.1, -0.05) is 52.5 Å². The predicted octanol–water partition coefficient (Wildman–Crippen LogP) is 5.29. The van der Waals surface area contributed by atoms with Gasteiger partial charge in [0.2, 0.25) is 0 Å². The summed E-state index contributed by atoms with van der Waals surface area (Å²) in [5.41, 5.74) is 0.870. The SMILES string of the molecule is Clc1ccc(Cc2nc(Cl)c(I)c(Cl)n2)c(Cl)c1. The van der Waals surface area contributed by atoms with E-state index in [2.05, 4.69) is 9.97 Å². The van der Waals surface area contributed by atoms with Crippen LogP contribution in [-0.4, -0.2) is 9.97 Å². The zero-order chi connectivity index (χ0) is 13.3. The molecular weight excluding hydrogens is 429 g/mol. The summed E-state index contributed by atoms with van der Waals surface area (Å²) in [5, 5.41) is 1.84. The highest BCUT2D eigenvalue weighted by Crippen LogP contribution is 2.26. The molecule has 0 saturated carbocycles.